The highest BCUT2D eigenvalue weighted by Gasteiger charge is 2.28. The molecule has 1 unspecified atom stereocenters. The number of Topliss-reactive ketones (excluding diaryl/α,β-unsaturated/α-hetero) is 1. The van der Waals surface area contributed by atoms with Crippen molar-refractivity contribution in [2.75, 3.05) is 20.1 Å². The Morgan fingerprint density at radius 1 is 1.31 bits per heavy atom. The fraction of sp³-hybridized carbons (Fsp3) is 0.909. The van der Waals surface area contributed by atoms with Gasteiger partial charge in [-0.05, 0) is 38.6 Å². The van der Waals surface area contributed by atoms with E-state index in [4.69, 9.17) is 0 Å². The molecule has 0 saturated heterocycles. The summed E-state index contributed by atoms with van der Waals surface area (Å²) in [6.07, 6.45) is 5.91. The second-order valence-electron chi connectivity index (χ2n) is 4.72. The highest BCUT2D eigenvalue weighted by molar-refractivity contribution is 5.83. The molecular weight excluding hydrogens is 162 g/mol. The van der Waals surface area contributed by atoms with Crippen molar-refractivity contribution in [3.8, 4) is 0 Å². The third-order valence-electron chi connectivity index (χ3n) is 3.23. The lowest BCUT2D eigenvalue weighted by Crippen LogP contribution is -2.29. The molecule has 0 heterocycles. The fourth-order valence-corrected chi connectivity index (χ4v) is 2.27. The number of nitrogens with zero attached hydrogens (tertiary/aromatic N) is 1. The first-order valence-corrected chi connectivity index (χ1v) is 5.47. The van der Waals surface area contributed by atoms with Gasteiger partial charge in [-0.25, -0.2) is 0 Å². The van der Waals surface area contributed by atoms with Gasteiger partial charge in [0, 0.05) is 25.4 Å². The van der Waals surface area contributed by atoms with Crippen LogP contribution >= 0.6 is 0 Å². The Kier molecular flexibility index (Phi) is 2.68. The molecule has 0 aromatic carbocycles. The Bertz CT molecular complexity index is 198. The van der Waals surface area contributed by atoms with E-state index < -0.39 is 0 Å². The Morgan fingerprint density at radius 3 is 2.62 bits per heavy atom. The van der Waals surface area contributed by atoms with Gasteiger partial charge in [0.1, 0.15) is 5.78 Å². The molecule has 0 amide bonds. The second kappa shape index (κ2) is 3.79. The van der Waals surface area contributed by atoms with E-state index in [1.54, 1.807) is 0 Å². The smallest absolute Gasteiger partial charge is 0.137 e. The number of carbonyl (C=O) groups excluding carboxylic acids is 1. The molecule has 0 spiro atoms. The van der Waals surface area contributed by atoms with Crippen LogP contribution in [-0.2, 0) is 4.79 Å². The van der Waals surface area contributed by atoms with E-state index in [2.05, 4.69) is 11.9 Å². The van der Waals surface area contributed by atoms with Gasteiger partial charge < -0.3 is 4.90 Å². The van der Waals surface area contributed by atoms with E-state index in [1.807, 2.05) is 0 Å². The molecule has 74 valence electrons. The lowest BCUT2D eigenvalue weighted by Gasteiger charge is -2.19. The number of hydrogen-bond acceptors (Lipinski definition) is 2. The van der Waals surface area contributed by atoms with Crippen molar-refractivity contribution in [3.05, 3.63) is 0 Å². The van der Waals surface area contributed by atoms with Crippen LogP contribution in [0, 0.1) is 11.8 Å². The van der Waals surface area contributed by atoms with E-state index in [-0.39, 0.29) is 0 Å². The van der Waals surface area contributed by atoms with E-state index in [0.717, 1.165) is 31.7 Å². The fourth-order valence-electron chi connectivity index (χ4n) is 2.27. The zero-order valence-electron chi connectivity index (χ0n) is 8.46. The summed E-state index contributed by atoms with van der Waals surface area (Å²) in [4.78, 5) is 13.7. The van der Waals surface area contributed by atoms with Gasteiger partial charge in [0.05, 0.1) is 0 Å². The maximum Gasteiger partial charge on any atom is 0.137 e. The molecule has 2 aliphatic carbocycles. The average Bonchev–Trinajstić information content (AvgIpc) is 2.79. The van der Waals surface area contributed by atoms with E-state index in [9.17, 15) is 4.79 Å². The van der Waals surface area contributed by atoms with Gasteiger partial charge in [-0.3, -0.25) is 4.79 Å². The molecule has 2 heteroatoms. The van der Waals surface area contributed by atoms with Crippen molar-refractivity contribution < 1.29 is 4.79 Å². The minimum Gasteiger partial charge on any atom is -0.305 e. The topological polar surface area (TPSA) is 20.3 Å². The van der Waals surface area contributed by atoms with Crippen LogP contribution in [0.2, 0.25) is 0 Å². The van der Waals surface area contributed by atoms with Gasteiger partial charge in [0.25, 0.3) is 0 Å². The quantitative estimate of drug-likeness (QED) is 0.658. The normalized spacial score (nSPS) is 28.8. The van der Waals surface area contributed by atoms with Crippen molar-refractivity contribution in [3.63, 3.8) is 0 Å². The summed E-state index contributed by atoms with van der Waals surface area (Å²) >= 11 is 0. The Labute approximate surface area is 80.3 Å². The number of ketones is 1. The molecule has 2 nitrogen and oxygen atoms in total. The number of hydrogen-bond donors (Lipinski definition) is 0. The molecule has 0 bridgehead atoms. The van der Waals surface area contributed by atoms with Crippen LogP contribution in [-0.4, -0.2) is 30.8 Å². The highest BCUT2D eigenvalue weighted by Crippen LogP contribution is 2.30. The van der Waals surface area contributed by atoms with Gasteiger partial charge in [0.2, 0.25) is 0 Å². The predicted molar refractivity (Wildman–Crippen MR) is 52.6 cm³/mol. The van der Waals surface area contributed by atoms with Gasteiger partial charge in [0.15, 0.2) is 0 Å². The zero-order valence-corrected chi connectivity index (χ0v) is 8.46. The van der Waals surface area contributed by atoms with Crippen molar-refractivity contribution in [2.45, 2.75) is 32.1 Å². The molecule has 13 heavy (non-hydrogen) atoms. The number of rotatable bonds is 4. The van der Waals surface area contributed by atoms with Crippen LogP contribution in [0.15, 0.2) is 0 Å². The summed E-state index contributed by atoms with van der Waals surface area (Å²) in [5.41, 5.74) is 0. The van der Waals surface area contributed by atoms with E-state index in [1.165, 1.54) is 19.4 Å². The van der Waals surface area contributed by atoms with E-state index in [0.29, 0.717) is 11.7 Å². The number of carbonyl (C=O) groups is 1. The Morgan fingerprint density at radius 2 is 2.08 bits per heavy atom. The minimum atomic E-state index is 0.365. The van der Waals surface area contributed by atoms with Gasteiger partial charge >= 0.3 is 0 Å². The van der Waals surface area contributed by atoms with Crippen LogP contribution in [0.1, 0.15) is 32.1 Å². The van der Waals surface area contributed by atoms with Gasteiger partial charge in [-0.1, -0.05) is 0 Å². The molecule has 2 saturated carbocycles. The summed E-state index contributed by atoms with van der Waals surface area (Å²) in [5.74, 6) is 1.81. The van der Waals surface area contributed by atoms with Crippen molar-refractivity contribution in [2.24, 2.45) is 11.8 Å². The molecule has 0 N–H and O–H groups in total. The first kappa shape index (κ1) is 9.20. The maximum absolute atomic E-state index is 11.4. The van der Waals surface area contributed by atoms with Gasteiger partial charge in [-0.15, -0.1) is 0 Å². The first-order valence-electron chi connectivity index (χ1n) is 5.47. The molecule has 1 atom stereocenters. The third-order valence-corrected chi connectivity index (χ3v) is 3.23. The molecule has 0 aromatic rings. The molecule has 2 fully saturated rings. The summed E-state index contributed by atoms with van der Waals surface area (Å²) in [5, 5.41) is 0. The molecule has 0 aliphatic heterocycles. The van der Waals surface area contributed by atoms with Crippen LogP contribution in [0.25, 0.3) is 0 Å². The largest absolute Gasteiger partial charge is 0.305 e. The summed E-state index contributed by atoms with van der Waals surface area (Å²) in [6.45, 7) is 2.22. The maximum atomic E-state index is 11.4. The predicted octanol–water partition coefficient (Wildman–Crippen LogP) is 1.70. The highest BCUT2D eigenvalue weighted by atomic mass is 16.1. The SMILES string of the molecule is CN(CC1CC1)CC1CCCC1=O. The first-order chi connectivity index (χ1) is 6.25. The lowest BCUT2D eigenvalue weighted by molar-refractivity contribution is -0.121. The van der Waals surface area contributed by atoms with Crippen molar-refractivity contribution in [1.29, 1.82) is 0 Å². The van der Waals surface area contributed by atoms with E-state index >= 15 is 0 Å². The minimum absolute atomic E-state index is 0.365. The zero-order chi connectivity index (χ0) is 9.26. The molecule has 2 rings (SSSR count). The average molecular weight is 181 g/mol. The second-order valence-corrected chi connectivity index (χ2v) is 4.72. The molecule has 0 aromatic heterocycles. The van der Waals surface area contributed by atoms with Crippen LogP contribution < -0.4 is 0 Å². The summed E-state index contributed by atoms with van der Waals surface area (Å²) < 4.78 is 0. The van der Waals surface area contributed by atoms with Crippen LogP contribution in [0.3, 0.4) is 0 Å². The van der Waals surface area contributed by atoms with Crippen molar-refractivity contribution in [1.82, 2.24) is 4.90 Å². The summed E-state index contributed by atoms with van der Waals surface area (Å²) in [6, 6.07) is 0. The van der Waals surface area contributed by atoms with Crippen LogP contribution in [0.5, 0.6) is 0 Å². The Balaban J connectivity index is 1.72. The summed E-state index contributed by atoms with van der Waals surface area (Å²) in [7, 11) is 2.16. The third kappa shape index (κ3) is 2.53. The molecule has 2 aliphatic rings. The molecule has 0 radical (unpaired) electrons. The lowest BCUT2D eigenvalue weighted by atomic mass is 10.1. The standard InChI is InChI=1S/C11H19NO/c1-12(7-9-5-6-9)8-10-3-2-4-11(10)13/h9-10H,2-8H2,1H3. The monoisotopic (exact) mass is 181 g/mol. The van der Waals surface area contributed by atoms with Crippen molar-refractivity contribution >= 4 is 5.78 Å². The van der Waals surface area contributed by atoms with Gasteiger partial charge in [-0.2, -0.15) is 0 Å². The molecular formula is C11H19NO. The Hall–Kier alpha value is -0.370. The van der Waals surface area contributed by atoms with Crippen LogP contribution in [0.4, 0.5) is 0 Å².